The fraction of sp³-hybridized carbons (Fsp3) is 0. The lowest BCUT2D eigenvalue weighted by molar-refractivity contribution is 0.477. The summed E-state index contributed by atoms with van der Waals surface area (Å²) in [7, 11) is 0. The smallest absolute Gasteiger partial charge is 0.182 e. The zero-order valence-electron chi connectivity index (χ0n) is 19.8. The Bertz CT molecular complexity index is 1590. The fourth-order valence-corrected chi connectivity index (χ4v) is 4.59. The number of pyridine rings is 1. The molecule has 37 heavy (non-hydrogen) atoms. The molecule has 0 bridgehead atoms. The van der Waals surface area contributed by atoms with Crippen LogP contribution in [0, 0.1) is 0 Å². The third-order valence-electron chi connectivity index (χ3n) is 6.32. The highest BCUT2D eigenvalue weighted by Gasteiger charge is 2.25. The summed E-state index contributed by atoms with van der Waals surface area (Å²) in [6, 6.07) is 40.3. The van der Waals surface area contributed by atoms with E-state index in [0.29, 0.717) is 11.6 Å². The highest BCUT2D eigenvalue weighted by atomic mass is 16.5. The van der Waals surface area contributed by atoms with Gasteiger partial charge >= 0.3 is 0 Å². The summed E-state index contributed by atoms with van der Waals surface area (Å²) in [5.41, 5.74) is 5.64. The van der Waals surface area contributed by atoms with Gasteiger partial charge in [0.15, 0.2) is 23.1 Å². The second-order valence-electron chi connectivity index (χ2n) is 8.64. The summed E-state index contributed by atoms with van der Waals surface area (Å²) >= 11 is 0. The molecule has 4 aromatic carbocycles. The van der Waals surface area contributed by atoms with Crippen molar-refractivity contribution in [2.24, 2.45) is 0 Å². The number of nitrogens with zero attached hydrogens (tertiary/aromatic N) is 5. The number of para-hydroxylation sites is 5. The first-order valence-electron chi connectivity index (χ1n) is 12.1. The average Bonchev–Trinajstić information content (AvgIpc) is 3.43. The van der Waals surface area contributed by atoms with Gasteiger partial charge in [-0.3, -0.25) is 4.98 Å². The van der Waals surface area contributed by atoms with Crippen molar-refractivity contribution in [1.82, 2.24) is 19.7 Å². The molecule has 0 atom stereocenters. The van der Waals surface area contributed by atoms with Crippen LogP contribution in [0.5, 0.6) is 11.5 Å². The van der Waals surface area contributed by atoms with E-state index in [1.165, 1.54) is 0 Å². The molecular formula is C31H21N5O. The molecule has 1 aliphatic heterocycles. The Labute approximate surface area is 214 Å². The van der Waals surface area contributed by atoms with Crippen LogP contribution in [0.25, 0.3) is 28.6 Å². The number of anilines is 3. The molecule has 2 aromatic heterocycles. The number of fused-ring (bicyclic) bond motifs is 2. The van der Waals surface area contributed by atoms with Gasteiger partial charge < -0.3 is 9.64 Å². The molecule has 0 fully saturated rings. The first-order valence-corrected chi connectivity index (χ1v) is 12.1. The van der Waals surface area contributed by atoms with E-state index >= 15 is 0 Å². The lowest BCUT2D eigenvalue weighted by Gasteiger charge is -2.32. The number of hydrogen-bond acceptors (Lipinski definition) is 5. The number of ether oxygens (including phenoxy) is 1. The summed E-state index contributed by atoms with van der Waals surface area (Å²) in [5.74, 6) is 2.99. The van der Waals surface area contributed by atoms with Crippen molar-refractivity contribution < 1.29 is 4.74 Å². The normalized spacial score (nSPS) is 11.9. The van der Waals surface area contributed by atoms with Crippen molar-refractivity contribution >= 4 is 17.1 Å². The van der Waals surface area contributed by atoms with Gasteiger partial charge in [-0.25, -0.2) is 9.67 Å². The van der Waals surface area contributed by atoms with Crippen molar-refractivity contribution in [1.29, 1.82) is 0 Å². The predicted octanol–water partition coefficient (Wildman–Crippen LogP) is 7.57. The van der Waals surface area contributed by atoms with Crippen molar-refractivity contribution in [2.75, 3.05) is 4.90 Å². The molecule has 6 nitrogen and oxygen atoms in total. The Morgan fingerprint density at radius 3 is 1.89 bits per heavy atom. The maximum Gasteiger partial charge on any atom is 0.182 e. The van der Waals surface area contributed by atoms with E-state index in [4.69, 9.17) is 14.8 Å². The molecule has 7 rings (SSSR count). The first kappa shape index (κ1) is 21.1. The molecule has 0 radical (unpaired) electrons. The molecular weight excluding hydrogens is 458 g/mol. The van der Waals surface area contributed by atoms with Crippen molar-refractivity contribution in [3.05, 3.63) is 128 Å². The summed E-state index contributed by atoms with van der Waals surface area (Å²) in [5, 5.41) is 4.87. The zero-order valence-corrected chi connectivity index (χ0v) is 19.8. The Hall–Kier alpha value is -5.23. The summed E-state index contributed by atoms with van der Waals surface area (Å²) < 4.78 is 8.00. The SMILES string of the molecule is c1ccc(-n2nc(-c3ccc(N4c5ccccc5Oc5ccccc54)cc3)nc2-c2ccccn2)cc1. The number of benzene rings is 4. The van der Waals surface area contributed by atoms with Crippen molar-refractivity contribution in [2.45, 2.75) is 0 Å². The van der Waals surface area contributed by atoms with Gasteiger partial charge in [0.1, 0.15) is 5.69 Å². The maximum absolute atomic E-state index is 6.15. The molecule has 0 spiro atoms. The minimum absolute atomic E-state index is 0.638. The fourth-order valence-electron chi connectivity index (χ4n) is 4.59. The van der Waals surface area contributed by atoms with Crippen LogP contribution in [0.15, 0.2) is 128 Å². The number of aromatic nitrogens is 4. The van der Waals surface area contributed by atoms with Gasteiger partial charge in [0.05, 0.1) is 17.1 Å². The Morgan fingerprint density at radius 2 is 1.22 bits per heavy atom. The van der Waals surface area contributed by atoms with Gasteiger partial charge in [-0.1, -0.05) is 48.5 Å². The molecule has 176 valence electrons. The molecule has 3 heterocycles. The zero-order chi connectivity index (χ0) is 24.6. The van der Waals surface area contributed by atoms with Crippen LogP contribution in [-0.2, 0) is 0 Å². The van der Waals surface area contributed by atoms with Crippen LogP contribution < -0.4 is 9.64 Å². The quantitative estimate of drug-likeness (QED) is 0.261. The van der Waals surface area contributed by atoms with Crippen LogP contribution in [0.4, 0.5) is 17.1 Å². The third-order valence-corrected chi connectivity index (χ3v) is 6.32. The summed E-state index contributed by atoms with van der Waals surface area (Å²) in [6.45, 7) is 0. The lowest BCUT2D eigenvalue weighted by atomic mass is 10.1. The molecule has 0 amide bonds. The van der Waals surface area contributed by atoms with Crippen LogP contribution in [0.2, 0.25) is 0 Å². The molecule has 0 saturated heterocycles. The molecule has 6 aromatic rings. The predicted molar refractivity (Wildman–Crippen MR) is 145 cm³/mol. The minimum Gasteiger partial charge on any atom is -0.453 e. The first-order chi connectivity index (χ1) is 18.3. The standard InChI is InChI=1S/C31H21N5O/c1-2-10-24(11-3-1)36-31(25-12-8-9-21-32-25)33-30(34-36)22-17-19-23(20-18-22)35-26-13-4-6-15-28(26)37-29-16-7-5-14-27(29)35/h1-21H. The monoisotopic (exact) mass is 479 g/mol. The number of rotatable bonds is 4. The van der Waals surface area contributed by atoms with Gasteiger partial charge in [0.25, 0.3) is 0 Å². The summed E-state index contributed by atoms with van der Waals surface area (Å²) in [4.78, 5) is 11.6. The molecule has 0 saturated carbocycles. The topological polar surface area (TPSA) is 56.1 Å². The van der Waals surface area contributed by atoms with Crippen LogP contribution in [-0.4, -0.2) is 19.7 Å². The van der Waals surface area contributed by atoms with Gasteiger partial charge in [-0.15, -0.1) is 5.10 Å². The summed E-state index contributed by atoms with van der Waals surface area (Å²) in [6.07, 6.45) is 1.77. The molecule has 0 N–H and O–H groups in total. The highest BCUT2D eigenvalue weighted by molar-refractivity contribution is 5.86. The minimum atomic E-state index is 0.638. The highest BCUT2D eigenvalue weighted by Crippen LogP contribution is 2.50. The largest absolute Gasteiger partial charge is 0.453 e. The maximum atomic E-state index is 6.15. The van der Waals surface area contributed by atoms with Gasteiger partial charge in [0.2, 0.25) is 0 Å². The molecule has 0 unspecified atom stereocenters. The third kappa shape index (κ3) is 3.72. The van der Waals surface area contributed by atoms with E-state index in [0.717, 1.165) is 45.5 Å². The van der Waals surface area contributed by atoms with E-state index < -0.39 is 0 Å². The van der Waals surface area contributed by atoms with Gasteiger partial charge in [0, 0.05) is 17.4 Å². The van der Waals surface area contributed by atoms with Crippen molar-refractivity contribution in [3.8, 4) is 40.1 Å². The molecule has 6 heteroatoms. The van der Waals surface area contributed by atoms with E-state index in [9.17, 15) is 0 Å². The second-order valence-corrected chi connectivity index (χ2v) is 8.64. The van der Waals surface area contributed by atoms with E-state index in [-0.39, 0.29) is 0 Å². The Morgan fingerprint density at radius 1 is 0.568 bits per heavy atom. The van der Waals surface area contributed by atoms with Crippen molar-refractivity contribution in [3.63, 3.8) is 0 Å². The Kier molecular flexibility index (Phi) is 5.00. The van der Waals surface area contributed by atoms with Gasteiger partial charge in [-0.2, -0.15) is 0 Å². The van der Waals surface area contributed by atoms with Crippen LogP contribution in [0.1, 0.15) is 0 Å². The van der Waals surface area contributed by atoms with Crippen LogP contribution in [0.3, 0.4) is 0 Å². The Balaban J connectivity index is 1.31. The van der Waals surface area contributed by atoms with Gasteiger partial charge in [-0.05, 0) is 72.8 Å². The number of hydrogen-bond donors (Lipinski definition) is 0. The average molecular weight is 480 g/mol. The van der Waals surface area contributed by atoms with E-state index in [1.807, 2.05) is 89.6 Å². The molecule has 1 aliphatic rings. The van der Waals surface area contributed by atoms with Crippen LogP contribution >= 0.6 is 0 Å². The second kappa shape index (κ2) is 8.77. The molecule has 0 aliphatic carbocycles. The lowest BCUT2D eigenvalue weighted by Crippen LogP contribution is -2.15. The van der Waals surface area contributed by atoms with E-state index in [2.05, 4.69) is 46.3 Å². The van der Waals surface area contributed by atoms with E-state index in [1.54, 1.807) is 6.20 Å².